The minimum Gasteiger partial charge on any atom is -0.394 e. The van der Waals surface area contributed by atoms with Crippen molar-refractivity contribution >= 4 is 0 Å². The van der Waals surface area contributed by atoms with Crippen LogP contribution in [0.15, 0.2) is 0 Å². The van der Waals surface area contributed by atoms with Crippen molar-refractivity contribution in [2.45, 2.75) is 32.4 Å². The molecule has 3 nitrogen and oxygen atoms in total. The van der Waals surface area contributed by atoms with Gasteiger partial charge in [0.25, 0.3) is 0 Å². The van der Waals surface area contributed by atoms with E-state index in [-0.39, 0.29) is 18.2 Å². The summed E-state index contributed by atoms with van der Waals surface area (Å²) in [4.78, 5) is 2.34. The van der Waals surface area contributed by atoms with Gasteiger partial charge in [0.1, 0.15) is 0 Å². The molecule has 1 heterocycles. The lowest BCUT2D eigenvalue weighted by Crippen LogP contribution is -2.52. The van der Waals surface area contributed by atoms with Crippen molar-refractivity contribution in [1.82, 2.24) is 4.90 Å². The zero-order chi connectivity index (χ0) is 9.19. The first-order chi connectivity index (χ1) is 5.54. The van der Waals surface area contributed by atoms with E-state index in [0.29, 0.717) is 0 Å². The minimum atomic E-state index is 0.0120. The first-order valence-electron chi connectivity index (χ1n) is 4.51. The maximum Gasteiger partial charge on any atom is 0.0933 e. The molecule has 72 valence electrons. The Kier molecular flexibility index (Phi) is 3.09. The second-order valence-corrected chi connectivity index (χ2v) is 4.29. The molecule has 12 heavy (non-hydrogen) atoms. The first kappa shape index (κ1) is 9.96. The molecule has 0 aromatic heterocycles. The summed E-state index contributed by atoms with van der Waals surface area (Å²) in [5.41, 5.74) is 0.192. The molecule has 0 bridgehead atoms. The molecule has 0 amide bonds. The van der Waals surface area contributed by atoms with Gasteiger partial charge in [-0.1, -0.05) is 0 Å². The van der Waals surface area contributed by atoms with Crippen LogP contribution in [-0.4, -0.2) is 48.0 Å². The Morgan fingerprint density at radius 1 is 1.50 bits per heavy atom. The molecule has 1 aliphatic heterocycles. The van der Waals surface area contributed by atoms with Crippen LogP contribution < -0.4 is 0 Å². The molecule has 0 spiro atoms. The lowest BCUT2D eigenvalue weighted by molar-refractivity contribution is -0.0767. The fourth-order valence-electron chi connectivity index (χ4n) is 1.44. The average molecular weight is 173 g/mol. The van der Waals surface area contributed by atoms with Crippen molar-refractivity contribution in [3.8, 4) is 0 Å². The van der Waals surface area contributed by atoms with Crippen LogP contribution in [0.5, 0.6) is 0 Å². The highest BCUT2D eigenvalue weighted by atomic mass is 16.5. The maximum atomic E-state index is 8.92. The summed E-state index contributed by atoms with van der Waals surface area (Å²) in [6.07, 6.45) is 0.0120. The van der Waals surface area contributed by atoms with Crippen LogP contribution in [0, 0.1) is 0 Å². The Morgan fingerprint density at radius 3 is 2.67 bits per heavy atom. The number of aliphatic hydroxyl groups excluding tert-OH is 1. The summed E-state index contributed by atoms with van der Waals surface area (Å²) < 4.78 is 5.36. The van der Waals surface area contributed by atoms with Gasteiger partial charge < -0.3 is 9.84 Å². The molecule has 0 unspecified atom stereocenters. The lowest BCUT2D eigenvalue weighted by Gasteiger charge is -2.41. The van der Waals surface area contributed by atoms with E-state index < -0.39 is 0 Å². The maximum absolute atomic E-state index is 8.92. The lowest BCUT2D eigenvalue weighted by atomic mass is 10.0. The molecule has 1 fully saturated rings. The van der Waals surface area contributed by atoms with Crippen LogP contribution in [0.25, 0.3) is 0 Å². The van der Waals surface area contributed by atoms with Gasteiger partial charge in [0.2, 0.25) is 0 Å². The largest absolute Gasteiger partial charge is 0.394 e. The zero-order valence-electron chi connectivity index (χ0n) is 8.21. The molecule has 1 saturated heterocycles. The Labute approximate surface area is 74.3 Å². The summed E-state index contributed by atoms with van der Waals surface area (Å²) in [7, 11) is 0. The fraction of sp³-hybridized carbons (Fsp3) is 1.00. The molecule has 0 saturated carbocycles. The number of rotatable bonds is 1. The van der Waals surface area contributed by atoms with Gasteiger partial charge in [-0.15, -0.1) is 0 Å². The van der Waals surface area contributed by atoms with Crippen molar-refractivity contribution < 1.29 is 9.84 Å². The van der Waals surface area contributed by atoms with E-state index in [1.54, 1.807) is 0 Å². The van der Waals surface area contributed by atoms with Crippen molar-refractivity contribution in [2.24, 2.45) is 0 Å². The van der Waals surface area contributed by atoms with E-state index in [1.807, 2.05) is 0 Å². The summed E-state index contributed by atoms with van der Waals surface area (Å²) in [6.45, 7) is 9.25. The summed E-state index contributed by atoms with van der Waals surface area (Å²) in [5, 5.41) is 8.92. The number of nitrogens with zero attached hydrogens (tertiary/aromatic N) is 1. The van der Waals surface area contributed by atoms with Gasteiger partial charge in [-0.05, 0) is 20.8 Å². The predicted octanol–water partition coefficient (Wildman–Crippen LogP) is 0.478. The monoisotopic (exact) mass is 173 g/mol. The molecule has 0 aromatic rings. The number of morpholine rings is 1. The summed E-state index contributed by atoms with van der Waals surface area (Å²) in [5.74, 6) is 0. The molecule has 3 heteroatoms. The summed E-state index contributed by atoms with van der Waals surface area (Å²) in [6, 6.07) is 0. The van der Waals surface area contributed by atoms with E-state index in [2.05, 4.69) is 25.7 Å². The van der Waals surface area contributed by atoms with E-state index in [0.717, 1.165) is 19.7 Å². The second kappa shape index (κ2) is 3.73. The number of hydrogen-bond acceptors (Lipinski definition) is 3. The molecule has 0 aromatic carbocycles. The van der Waals surface area contributed by atoms with Gasteiger partial charge in [0, 0.05) is 18.6 Å². The van der Waals surface area contributed by atoms with Gasteiger partial charge in [-0.25, -0.2) is 0 Å². The van der Waals surface area contributed by atoms with Crippen LogP contribution in [0.2, 0.25) is 0 Å². The Bertz CT molecular complexity index is 142. The van der Waals surface area contributed by atoms with E-state index >= 15 is 0 Å². The molecule has 1 rings (SSSR count). The van der Waals surface area contributed by atoms with Crippen molar-refractivity contribution in [2.75, 3.05) is 26.3 Å². The van der Waals surface area contributed by atoms with Crippen LogP contribution in [0.3, 0.4) is 0 Å². The number of aliphatic hydroxyl groups is 1. The average Bonchev–Trinajstić information content (AvgIpc) is 2.03. The van der Waals surface area contributed by atoms with Crippen molar-refractivity contribution in [3.63, 3.8) is 0 Å². The van der Waals surface area contributed by atoms with E-state index in [4.69, 9.17) is 9.84 Å². The Morgan fingerprint density at radius 2 is 2.17 bits per heavy atom. The molecule has 1 aliphatic rings. The van der Waals surface area contributed by atoms with Gasteiger partial charge in [0.15, 0.2) is 0 Å². The number of ether oxygens (including phenoxy) is 1. The SMILES string of the molecule is CC(C)(C)N1CCO[C@@H](CO)C1. The quantitative estimate of drug-likeness (QED) is 0.626. The Hall–Kier alpha value is -0.120. The van der Waals surface area contributed by atoms with Gasteiger partial charge >= 0.3 is 0 Å². The standard InChI is InChI=1S/C9H19NO2/c1-9(2,3)10-4-5-12-8(6-10)7-11/h8,11H,4-7H2,1-3H3/t8-/m1/s1. The van der Waals surface area contributed by atoms with Crippen LogP contribution in [-0.2, 0) is 4.74 Å². The molecule has 0 aliphatic carbocycles. The van der Waals surface area contributed by atoms with Crippen LogP contribution in [0.4, 0.5) is 0 Å². The summed E-state index contributed by atoms with van der Waals surface area (Å²) >= 11 is 0. The molecular weight excluding hydrogens is 154 g/mol. The zero-order valence-corrected chi connectivity index (χ0v) is 8.21. The highest BCUT2D eigenvalue weighted by Crippen LogP contribution is 2.16. The molecule has 1 N–H and O–H groups in total. The van der Waals surface area contributed by atoms with E-state index in [1.165, 1.54) is 0 Å². The Balaban J connectivity index is 2.46. The smallest absolute Gasteiger partial charge is 0.0933 e. The normalized spacial score (nSPS) is 27.5. The molecule has 1 atom stereocenters. The molecule has 0 radical (unpaired) electrons. The molecular formula is C9H19NO2. The first-order valence-corrected chi connectivity index (χ1v) is 4.51. The van der Waals surface area contributed by atoms with Crippen molar-refractivity contribution in [1.29, 1.82) is 0 Å². The van der Waals surface area contributed by atoms with E-state index in [9.17, 15) is 0 Å². The second-order valence-electron chi connectivity index (χ2n) is 4.29. The van der Waals surface area contributed by atoms with Crippen LogP contribution >= 0.6 is 0 Å². The number of hydrogen-bond donors (Lipinski definition) is 1. The highest BCUT2D eigenvalue weighted by Gasteiger charge is 2.27. The minimum absolute atomic E-state index is 0.0120. The third kappa shape index (κ3) is 2.44. The van der Waals surface area contributed by atoms with Gasteiger partial charge in [-0.2, -0.15) is 0 Å². The topological polar surface area (TPSA) is 32.7 Å². The van der Waals surface area contributed by atoms with Crippen LogP contribution in [0.1, 0.15) is 20.8 Å². The fourth-order valence-corrected chi connectivity index (χ4v) is 1.44. The highest BCUT2D eigenvalue weighted by molar-refractivity contribution is 4.81. The third-order valence-corrected chi connectivity index (χ3v) is 2.29. The predicted molar refractivity (Wildman–Crippen MR) is 48.2 cm³/mol. The third-order valence-electron chi connectivity index (χ3n) is 2.29. The van der Waals surface area contributed by atoms with Crippen molar-refractivity contribution in [3.05, 3.63) is 0 Å². The van der Waals surface area contributed by atoms with Gasteiger partial charge in [0.05, 0.1) is 19.3 Å². The van der Waals surface area contributed by atoms with Gasteiger partial charge in [-0.3, -0.25) is 4.90 Å².